The van der Waals surface area contributed by atoms with Gasteiger partial charge in [-0.1, -0.05) is 34.1 Å². The smallest absolute Gasteiger partial charge is 0.255 e. The molecule has 0 aliphatic carbocycles. The molecule has 0 atom stereocenters. The van der Waals surface area contributed by atoms with Crippen LogP contribution in [-0.2, 0) is 0 Å². The Morgan fingerprint density at radius 3 is 2.43 bits per heavy atom. The fraction of sp³-hybridized carbons (Fsp3) is 0. The van der Waals surface area contributed by atoms with Crippen LogP contribution in [0.5, 0.6) is 0 Å². The second kappa shape index (κ2) is 8.84. The molecule has 4 aromatic rings. The van der Waals surface area contributed by atoms with Crippen LogP contribution in [0.1, 0.15) is 10.4 Å². The molecule has 1 heterocycles. The Hall–Kier alpha value is -3.58. The Balaban J connectivity index is 1.46. The first-order valence-corrected chi connectivity index (χ1v) is 9.88. The summed E-state index contributed by atoms with van der Waals surface area (Å²) in [7, 11) is 0. The highest BCUT2D eigenvalue weighted by molar-refractivity contribution is 9.10. The molecule has 148 valence electrons. The van der Waals surface area contributed by atoms with Crippen molar-refractivity contribution in [2.24, 2.45) is 0 Å². The van der Waals surface area contributed by atoms with E-state index >= 15 is 0 Å². The van der Waals surface area contributed by atoms with E-state index in [1.165, 1.54) is 18.5 Å². The summed E-state index contributed by atoms with van der Waals surface area (Å²) in [6.45, 7) is 0. The van der Waals surface area contributed by atoms with Crippen LogP contribution in [0.2, 0.25) is 0 Å². The zero-order valence-corrected chi connectivity index (χ0v) is 17.2. The van der Waals surface area contributed by atoms with Gasteiger partial charge in [0.15, 0.2) is 0 Å². The summed E-state index contributed by atoms with van der Waals surface area (Å²) in [6.07, 6.45) is 1.42. The molecule has 0 aliphatic rings. The molecule has 1 aromatic heterocycles. The average molecular weight is 463 g/mol. The molecular weight excluding hydrogens is 447 g/mol. The van der Waals surface area contributed by atoms with Gasteiger partial charge < -0.3 is 10.6 Å². The maximum atomic E-state index is 13.5. The van der Waals surface area contributed by atoms with Crippen molar-refractivity contribution in [3.05, 3.63) is 101 Å². The fourth-order valence-corrected chi connectivity index (χ4v) is 3.25. The minimum Gasteiger partial charge on any atom is -0.340 e. The largest absolute Gasteiger partial charge is 0.340 e. The van der Waals surface area contributed by atoms with Gasteiger partial charge in [-0.15, -0.1) is 0 Å². The van der Waals surface area contributed by atoms with E-state index in [1.807, 2.05) is 24.3 Å². The summed E-state index contributed by atoms with van der Waals surface area (Å²) in [5.41, 5.74) is 3.28. The first-order chi connectivity index (χ1) is 14.6. The van der Waals surface area contributed by atoms with Gasteiger partial charge in [-0.05, 0) is 54.6 Å². The molecule has 0 bridgehead atoms. The molecule has 0 radical (unpaired) electrons. The highest BCUT2D eigenvalue weighted by Crippen LogP contribution is 2.22. The zero-order chi connectivity index (χ0) is 20.9. The van der Waals surface area contributed by atoms with Crippen LogP contribution in [0.3, 0.4) is 0 Å². The van der Waals surface area contributed by atoms with Crippen LogP contribution in [-0.4, -0.2) is 15.9 Å². The predicted molar refractivity (Wildman–Crippen MR) is 119 cm³/mol. The number of halogens is 2. The van der Waals surface area contributed by atoms with E-state index in [4.69, 9.17) is 0 Å². The van der Waals surface area contributed by atoms with Crippen molar-refractivity contribution in [1.82, 2.24) is 9.97 Å². The maximum Gasteiger partial charge on any atom is 0.255 e. The van der Waals surface area contributed by atoms with Crippen molar-refractivity contribution in [2.45, 2.75) is 0 Å². The van der Waals surface area contributed by atoms with Crippen molar-refractivity contribution in [1.29, 1.82) is 0 Å². The van der Waals surface area contributed by atoms with E-state index in [-0.39, 0.29) is 11.7 Å². The van der Waals surface area contributed by atoms with E-state index in [0.717, 1.165) is 10.2 Å². The highest BCUT2D eigenvalue weighted by Gasteiger charge is 2.08. The number of hydrogen-bond acceptors (Lipinski definition) is 4. The molecule has 0 unspecified atom stereocenters. The van der Waals surface area contributed by atoms with E-state index in [2.05, 4.69) is 36.5 Å². The Morgan fingerprint density at radius 2 is 1.67 bits per heavy atom. The molecule has 1 amide bonds. The molecule has 0 spiro atoms. The summed E-state index contributed by atoms with van der Waals surface area (Å²) in [4.78, 5) is 20.8. The molecule has 0 aliphatic heterocycles. The van der Waals surface area contributed by atoms with Gasteiger partial charge >= 0.3 is 0 Å². The van der Waals surface area contributed by atoms with Crippen LogP contribution >= 0.6 is 15.9 Å². The van der Waals surface area contributed by atoms with Crippen molar-refractivity contribution in [3.63, 3.8) is 0 Å². The highest BCUT2D eigenvalue weighted by atomic mass is 79.9. The van der Waals surface area contributed by atoms with Gasteiger partial charge in [-0.3, -0.25) is 4.79 Å². The number of nitrogens with one attached hydrogen (secondary N) is 2. The second-order valence-electron chi connectivity index (χ2n) is 6.47. The van der Waals surface area contributed by atoms with Gasteiger partial charge in [0.1, 0.15) is 18.0 Å². The molecule has 5 nitrogen and oxygen atoms in total. The van der Waals surface area contributed by atoms with Gasteiger partial charge in [0.05, 0.1) is 5.69 Å². The fourth-order valence-electron chi connectivity index (χ4n) is 2.85. The third kappa shape index (κ3) is 4.87. The van der Waals surface area contributed by atoms with Crippen molar-refractivity contribution < 1.29 is 9.18 Å². The van der Waals surface area contributed by atoms with E-state index in [0.29, 0.717) is 28.3 Å². The third-order valence-corrected chi connectivity index (χ3v) is 4.78. The van der Waals surface area contributed by atoms with Crippen LogP contribution in [0.25, 0.3) is 11.3 Å². The minimum absolute atomic E-state index is 0.199. The predicted octanol–water partition coefficient (Wildman–Crippen LogP) is 6.04. The minimum atomic E-state index is -0.322. The molecule has 7 heteroatoms. The third-order valence-electron chi connectivity index (χ3n) is 4.29. The van der Waals surface area contributed by atoms with Crippen LogP contribution in [0.15, 0.2) is 89.7 Å². The van der Waals surface area contributed by atoms with E-state index in [9.17, 15) is 9.18 Å². The quantitative estimate of drug-likeness (QED) is 0.379. The Kier molecular flexibility index (Phi) is 5.81. The lowest BCUT2D eigenvalue weighted by Gasteiger charge is -2.09. The van der Waals surface area contributed by atoms with Crippen molar-refractivity contribution >= 4 is 39.0 Å². The lowest BCUT2D eigenvalue weighted by Crippen LogP contribution is -2.11. The number of aromatic nitrogens is 2. The van der Waals surface area contributed by atoms with Gasteiger partial charge in [0, 0.05) is 33.0 Å². The monoisotopic (exact) mass is 462 g/mol. The Bertz CT molecular complexity index is 1200. The standard InChI is InChI=1S/C23H16BrFN4O/c24-17-4-2-6-20(12-17)29-23(30)15-7-9-19(10-8-15)28-22-13-21(26-14-27-22)16-3-1-5-18(25)11-16/h1-14H,(H,29,30)(H,26,27,28). The lowest BCUT2D eigenvalue weighted by molar-refractivity contribution is 0.102. The molecule has 0 saturated heterocycles. The average Bonchev–Trinajstić information content (AvgIpc) is 2.74. The van der Waals surface area contributed by atoms with Crippen LogP contribution in [0, 0.1) is 5.82 Å². The number of anilines is 3. The molecule has 3 aromatic carbocycles. The number of nitrogens with zero attached hydrogens (tertiary/aromatic N) is 2. The van der Waals surface area contributed by atoms with Crippen molar-refractivity contribution in [3.8, 4) is 11.3 Å². The summed E-state index contributed by atoms with van der Waals surface area (Å²) in [6, 6.07) is 22.4. The summed E-state index contributed by atoms with van der Waals surface area (Å²) >= 11 is 3.38. The second-order valence-corrected chi connectivity index (χ2v) is 7.38. The molecule has 4 rings (SSSR count). The van der Waals surface area contributed by atoms with Gasteiger partial charge in [0.2, 0.25) is 0 Å². The SMILES string of the molecule is O=C(Nc1cccc(Br)c1)c1ccc(Nc2cc(-c3cccc(F)c3)ncn2)cc1. The molecule has 0 saturated carbocycles. The molecule has 0 fully saturated rings. The number of hydrogen-bond donors (Lipinski definition) is 2. The first kappa shape index (κ1) is 19.7. The number of carbonyl (C=O) groups is 1. The lowest BCUT2D eigenvalue weighted by atomic mass is 10.1. The Labute approximate surface area is 181 Å². The number of carbonyl (C=O) groups excluding carboxylic acids is 1. The van der Waals surface area contributed by atoms with Gasteiger partial charge in [0.25, 0.3) is 5.91 Å². The number of rotatable bonds is 5. The molecule has 2 N–H and O–H groups in total. The van der Waals surface area contributed by atoms with Gasteiger partial charge in [-0.2, -0.15) is 0 Å². The topological polar surface area (TPSA) is 66.9 Å². The summed E-state index contributed by atoms with van der Waals surface area (Å²) in [5, 5.41) is 6.03. The van der Waals surface area contributed by atoms with Gasteiger partial charge in [-0.25, -0.2) is 14.4 Å². The van der Waals surface area contributed by atoms with E-state index < -0.39 is 0 Å². The van der Waals surface area contributed by atoms with Crippen molar-refractivity contribution in [2.75, 3.05) is 10.6 Å². The molecule has 30 heavy (non-hydrogen) atoms. The normalized spacial score (nSPS) is 10.5. The molecular formula is C23H16BrFN4O. The summed E-state index contributed by atoms with van der Waals surface area (Å²) < 4.78 is 14.4. The maximum absolute atomic E-state index is 13.5. The first-order valence-electron chi connectivity index (χ1n) is 9.09. The zero-order valence-electron chi connectivity index (χ0n) is 15.6. The Morgan fingerprint density at radius 1 is 0.867 bits per heavy atom. The number of amides is 1. The summed E-state index contributed by atoms with van der Waals surface area (Å²) in [5.74, 6) is 0.0445. The van der Waals surface area contributed by atoms with Crippen LogP contribution in [0.4, 0.5) is 21.6 Å². The van der Waals surface area contributed by atoms with E-state index in [1.54, 1.807) is 42.5 Å². The van der Waals surface area contributed by atoms with Crippen LogP contribution < -0.4 is 10.6 Å². The number of benzene rings is 3.